The van der Waals surface area contributed by atoms with Gasteiger partial charge in [-0.3, -0.25) is 4.79 Å². The van der Waals surface area contributed by atoms with Crippen molar-refractivity contribution in [2.24, 2.45) is 0 Å². The molecular weight excluding hydrogens is 256 g/mol. The van der Waals surface area contributed by atoms with Crippen LogP contribution in [0.2, 0.25) is 0 Å². The average molecular weight is 264 g/mol. The molecule has 0 bridgehead atoms. The van der Waals surface area contributed by atoms with E-state index in [-0.39, 0.29) is 5.78 Å². The van der Waals surface area contributed by atoms with Crippen molar-refractivity contribution in [3.05, 3.63) is 60.4 Å². The third kappa shape index (κ3) is 1.43. The van der Waals surface area contributed by atoms with Gasteiger partial charge in [-0.05, 0) is 12.1 Å². The van der Waals surface area contributed by atoms with Crippen molar-refractivity contribution in [2.75, 3.05) is 0 Å². The fourth-order valence-corrected chi connectivity index (χ4v) is 2.12. The van der Waals surface area contributed by atoms with Gasteiger partial charge in [-0.2, -0.15) is 10.2 Å². The van der Waals surface area contributed by atoms with Gasteiger partial charge in [-0.15, -0.1) is 0 Å². The first-order chi connectivity index (χ1) is 9.84. The second-order valence-corrected chi connectivity index (χ2v) is 4.22. The quantitative estimate of drug-likeness (QED) is 0.505. The fraction of sp³-hybridized carbons (Fsp3) is 0. The van der Waals surface area contributed by atoms with Crippen molar-refractivity contribution < 1.29 is 4.79 Å². The Morgan fingerprint density at radius 2 is 1.35 bits per heavy atom. The van der Waals surface area contributed by atoms with Crippen LogP contribution in [0.25, 0.3) is 11.3 Å². The van der Waals surface area contributed by atoms with Crippen molar-refractivity contribution in [3.63, 3.8) is 0 Å². The highest BCUT2D eigenvalue weighted by Crippen LogP contribution is 2.16. The topological polar surface area (TPSA) is 77.5 Å². The molecule has 0 aliphatic rings. The number of fused-ring (bicyclic) bond motifs is 2. The summed E-state index contributed by atoms with van der Waals surface area (Å²) >= 11 is 0. The van der Waals surface area contributed by atoms with Gasteiger partial charge in [0, 0.05) is 24.8 Å². The summed E-state index contributed by atoms with van der Waals surface area (Å²) in [6, 6.07) is 3.51. The van der Waals surface area contributed by atoms with Gasteiger partial charge >= 0.3 is 0 Å². The monoisotopic (exact) mass is 264 g/mol. The van der Waals surface area contributed by atoms with Gasteiger partial charge in [0.1, 0.15) is 0 Å². The summed E-state index contributed by atoms with van der Waals surface area (Å²) in [6.07, 6.45) is 9.76. The fourth-order valence-electron chi connectivity index (χ4n) is 2.12. The van der Waals surface area contributed by atoms with Gasteiger partial charge in [0.15, 0.2) is 11.3 Å². The van der Waals surface area contributed by atoms with Crippen LogP contribution in [0.5, 0.6) is 0 Å². The normalized spacial score (nSPS) is 11.2. The lowest BCUT2D eigenvalue weighted by Gasteiger charge is -1.96. The predicted octanol–water partition coefficient (Wildman–Crippen LogP) is 1.00. The van der Waals surface area contributed by atoms with Gasteiger partial charge in [0.25, 0.3) is 0 Å². The Morgan fingerprint density at radius 3 is 1.85 bits per heavy atom. The highest BCUT2D eigenvalue weighted by atomic mass is 16.1. The van der Waals surface area contributed by atoms with E-state index in [9.17, 15) is 4.79 Å². The Balaban J connectivity index is 1.92. The van der Waals surface area contributed by atoms with E-state index in [1.807, 2.05) is 0 Å². The van der Waals surface area contributed by atoms with E-state index in [0.29, 0.717) is 22.4 Å². The van der Waals surface area contributed by atoms with Crippen LogP contribution < -0.4 is 0 Å². The molecule has 0 spiro atoms. The third-order valence-electron chi connectivity index (χ3n) is 3.05. The van der Waals surface area contributed by atoms with Gasteiger partial charge in [-0.1, -0.05) is 0 Å². The smallest absolute Gasteiger partial charge is 0.203 e. The number of aromatic nitrogens is 6. The third-order valence-corrected chi connectivity index (χ3v) is 3.05. The van der Waals surface area contributed by atoms with E-state index in [0.717, 1.165) is 0 Å². The van der Waals surface area contributed by atoms with Gasteiger partial charge < -0.3 is 0 Å². The predicted molar refractivity (Wildman–Crippen MR) is 69.4 cm³/mol. The minimum absolute atomic E-state index is 0.188. The molecule has 96 valence electrons. The molecule has 0 unspecified atom stereocenters. The first-order valence-corrected chi connectivity index (χ1v) is 5.96. The van der Waals surface area contributed by atoms with E-state index in [4.69, 9.17) is 0 Å². The average Bonchev–Trinajstić information content (AvgIpc) is 3.11. The maximum absolute atomic E-state index is 12.6. The molecule has 0 radical (unpaired) electrons. The Hall–Kier alpha value is -3.09. The van der Waals surface area contributed by atoms with Crippen LogP contribution in [0, 0.1) is 0 Å². The summed E-state index contributed by atoms with van der Waals surface area (Å²) in [5.74, 6) is -0.188. The molecule has 20 heavy (non-hydrogen) atoms. The molecule has 4 aromatic rings. The SMILES string of the molecule is O=C(c1cnn2cccnc12)c1cnn2cccnc12. The van der Waals surface area contributed by atoms with E-state index < -0.39 is 0 Å². The minimum Gasteiger partial charge on any atom is -0.288 e. The Labute approximate surface area is 112 Å². The van der Waals surface area contributed by atoms with E-state index in [1.165, 1.54) is 12.4 Å². The van der Waals surface area contributed by atoms with Crippen LogP contribution in [0.1, 0.15) is 15.9 Å². The molecule has 0 N–H and O–H groups in total. The van der Waals surface area contributed by atoms with E-state index in [1.54, 1.807) is 46.0 Å². The minimum atomic E-state index is -0.188. The molecule has 7 heteroatoms. The van der Waals surface area contributed by atoms with Crippen LogP contribution in [-0.4, -0.2) is 35.0 Å². The molecule has 0 aliphatic carbocycles. The lowest BCUT2D eigenvalue weighted by molar-refractivity contribution is 0.104. The molecule has 0 aromatic carbocycles. The largest absolute Gasteiger partial charge is 0.288 e. The number of nitrogens with zero attached hydrogens (tertiary/aromatic N) is 6. The maximum Gasteiger partial charge on any atom is 0.203 e. The molecule has 7 nitrogen and oxygen atoms in total. The lowest BCUT2D eigenvalue weighted by atomic mass is 10.1. The standard InChI is InChI=1S/C13H8N6O/c20-11(9-7-16-18-5-1-3-14-12(9)18)10-8-17-19-6-2-4-15-13(10)19/h1-8H. The number of hydrogen-bond donors (Lipinski definition) is 0. The molecule has 4 aromatic heterocycles. The van der Waals surface area contributed by atoms with Crippen molar-refractivity contribution in [1.82, 2.24) is 29.2 Å². The zero-order chi connectivity index (χ0) is 13.5. The lowest BCUT2D eigenvalue weighted by Crippen LogP contribution is -2.02. The first-order valence-electron chi connectivity index (χ1n) is 5.96. The number of carbonyl (C=O) groups is 1. The molecule has 0 fully saturated rings. The summed E-state index contributed by atoms with van der Waals surface area (Å²) in [4.78, 5) is 21.0. The summed E-state index contributed by atoms with van der Waals surface area (Å²) in [7, 11) is 0. The van der Waals surface area contributed by atoms with Crippen LogP contribution in [0.3, 0.4) is 0 Å². The van der Waals surface area contributed by atoms with Crippen LogP contribution in [0.4, 0.5) is 0 Å². The Kier molecular flexibility index (Phi) is 2.13. The summed E-state index contributed by atoms with van der Waals surface area (Å²) in [6.45, 7) is 0. The van der Waals surface area contributed by atoms with Gasteiger partial charge in [0.2, 0.25) is 5.78 Å². The zero-order valence-electron chi connectivity index (χ0n) is 10.2. The molecule has 0 saturated carbocycles. The molecular formula is C13H8N6O. The van der Waals surface area contributed by atoms with Crippen LogP contribution >= 0.6 is 0 Å². The first kappa shape index (κ1) is 10.8. The van der Waals surface area contributed by atoms with Crippen molar-refractivity contribution in [3.8, 4) is 0 Å². The molecule has 0 aliphatic heterocycles. The Morgan fingerprint density at radius 1 is 0.850 bits per heavy atom. The molecule has 4 heterocycles. The summed E-state index contributed by atoms with van der Waals surface area (Å²) in [5, 5.41) is 8.23. The summed E-state index contributed by atoms with van der Waals surface area (Å²) < 4.78 is 3.12. The number of carbonyl (C=O) groups excluding carboxylic acids is 1. The van der Waals surface area contributed by atoms with Crippen molar-refractivity contribution in [1.29, 1.82) is 0 Å². The Bertz CT molecular complexity index is 862. The molecule has 4 rings (SSSR count). The second-order valence-electron chi connectivity index (χ2n) is 4.22. The number of hydrogen-bond acceptors (Lipinski definition) is 5. The molecule has 0 saturated heterocycles. The molecule has 0 amide bonds. The van der Waals surface area contributed by atoms with Crippen LogP contribution in [0.15, 0.2) is 49.3 Å². The van der Waals surface area contributed by atoms with Gasteiger partial charge in [-0.25, -0.2) is 19.0 Å². The zero-order valence-corrected chi connectivity index (χ0v) is 10.2. The van der Waals surface area contributed by atoms with Crippen molar-refractivity contribution >= 4 is 17.1 Å². The number of rotatable bonds is 2. The van der Waals surface area contributed by atoms with Gasteiger partial charge in [0.05, 0.1) is 23.5 Å². The maximum atomic E-state index is 12.6. The van der Waals surface area contributed by atoms with E-state index in [2.05, 4.69) is 20.2 Å². The number of ketones is 1. The highest BCUT2D eigenvalue weighted by Gasteiger charge is 2.20. The van der Waals surface area contributed by atoms with Crippen LogP contribution in [-0.2, 0) is 0 Å². The van der Waals surface area contributed by atoms with E-state index >= 15 is 0 Å². The molecule has 0 atom stereocenters. The highest BCUT2D eigenvalue weighted by molar-refractivity contribution is 6.15. The van der Waals surface area contributed by atoms with Crippen molar-refractivity contribution in [2.45, 2.75) is 0 Å². The second kappa shape index (κ2) is 3.95. The summed E-state index contributed by atoms with van der Waals surface area (Å²) in [5.41, 5.74) is 1.91.